The quantitative estimate of drug-likeness (QED) is 0.579. The second-order valence-electron chi connectivity index (χ2n) is 4.33. The first-order chi connectivity index (χ1) is 8.93. The van der Waals surface area contributed by atoms with Crippen LogP contribution in [0.1, 0.15) is 25.5 Å². The van der Waals surface area contributed by atoms with Gasteiger partial charge in [-0.3, -0.25) is 14.9 Å². The van der Waals surface area contributed by atoms with E-state index >= 15 is 0 Å². The molecule has 0 fully saturated rings. The Kier molecular flexibility index (Phi) is 5.23. The molecule has 104 valence electrons. The van der Waals surface area contributed by atoms with E-state index in [4.69, 9.17) is 5.11 Å². The molecule has 0 saturated carbocycles. The van der Waals surface area contributed by atoms with Crippen molar-refractivity contribution in [3.05, 3.63) is 27.9 Å². The Labute approximate surface area is 110 Å². The maximum atomic E-state index is 10.9. The van der Waals surface area contributed by atoms with E-state index in [0.717, 1.165) is 0 Å². The first kappa shape index (κ1) is 14.9. The monoisotopic (exact) mass is 267 g/mol. The highest BCUT2D eigenvalue weighted by atomic mass is 16.6. The highest BCUT2D eigenvalue weighted by Crippen LogP contribution is 2.22. The molecule has 1 atom stereocenters. The summed E-state index contributed by atoms with van der Waals surface area (Å²) in [5.41, 5.74) is 0.565. The van der Waals surface area contributed by atoms with Gasteiger partial charge in [0.15, 0.2) is 0 Å². The van der Waals surface area contributed by atoms with E-state index in [-0.39, 0.29) is 23.8 Å². The lowest BCUT2D eigenvalue weighted by Crippen LogP contribution is -2.18. The summed E-state index contributed by atoms with van der Waals surface area (Å²) >= 11 is 0. The van der Waals surface area contributed by atoms with E-state index in [2.05, 4.69) is 10.3 Å². The Bertz CT molecular complexity index is 476. The molecular formula is C12H17N3O4. The molecule has 0 radical (unpaired) electrons. The number of rotatable bonds is 7. The molecule has 0 aliphatic rings. The van der Waals surface area contributed by atoms with Gasteiger partial charge >= 0.3 is 11.7 Å². The Balaban J connectivity index is 2.78. The summed E-state index contributed by atoms with van der Waals surface area (Å²) in [5.74, 6) is -0.770. The van der Waals surface area contributed by atoms with Crippen molar-refractivity contribution >= 4 is 17.5 Å². The molecule has 1 rings (SSSR count). The van der Waals surface area contributed by atoms with Crippen LogP contribution >= 0.6 is 0 Å². The number of anilines is 1. The van der Waals surface area contributed by atoms with Crippen molar-refractivity contribution in [2.45, 2.75) is 26.7 Å². The van der Waals surface area contributed by atoms with Crippen LogP contribution in [0.5, 0.6) is 0 Å². The zero-order valence-electron chi connectivity index (χ0n) is 10.9. The molecule has 0 amide bonds. The molecule has 0 aliphatic carbocycles. The molecule has 7 heteroatoms. The molecular weight excluding hydrogens is 250 g/mol. The minimum absolute atomic E-state index is 0.0309. The Hall–Kier alpha value is -2.18. The molecule has 0 aliphatic heterocycles. The summed E-state index contributed by atoms with van der Waals surface area (Å²) in [6.45, 7) is 3.97. The zero-order chi connectivity index (χ0) is 14.4. The van der Waals surface area contributed by atoms with Crippen molar-refractivity contribution in [1.82, 2.24) is 4.98 Å². The van der Waals surface area contributed by atoms with Crippen LogP contribution in [0.2, 0.25) is 0 Å². The third-order valence-corrected chi connectivity index (χ3v) is 2.81. The van der Waals surface area contributed by atoms with Crippen LogP contribution in [0.3, 0.4) is 0 Å². The first-order valence-electron chi connectivity index (χ1n) is 6.01. The average Bonchev–Trinajstić information content (AvgIpc) is 2.33. The number of aryl methyl sites for hydroxylation is 1. The Morgan fingerprint density at radius 1 is 1.58 bits per heavy atom. The normalized spacial score (nSPS) is 11.9. The molecule has 0 saturated heterocycles. The van der Waals surface area contributed by atoms with Gasteiger partial charge in [-0.25, -0.2) is 4.98 Å². The number of carboxylic acid groups (broad SMARTS) is 1. The summed E-state index contributed by atoms with van der Waals surface area (Å²) in [5, 5.41) is 22.5. The second kappa shape index (κ2) is 6.67. The maximum absolute atomic E-state index is 10.9. The number of nitro groups is 1. The van der Waals surface area contributed by atoms with Gasteiger partial charge < -0.3 is 10.4 Å². The summed E-state index contributed by atoms with van der Waals surface area (Å²) in [6, 6.07) is 2.96. The van der Waals surface area contributed by atoms with E-state index in [1.54, 1.807) is 13.0 Å². The van der Waals surface area contributed by atoms with Crippen molar-refractivity contribution in [2.24, 2.45) is 5.92 Å². The summed E-state index contributed by atoms with van der Waals surface area (Å²) in [6.07, 6.45) is 0.710. The average molecular weight is 267 g/mol. The molecule has 0 aromatic carbocycles. The van der Waals surface area contributed by atoms with Crippen molar-refractivity contribution in [2.75, 3.05) is 11.9 Å². The molecule has 0 spiro atoms. The number of pyridine rings is 1. The lowest BCUT2D eigenvalue weighted by molar-refractivity contribution is -0.384. The fourth-order valence-electron chi connectivity index (χ4n) is 1.68. The van der Waals surface area contributed by atoms with Gasteiger partial charge in [-0.15, -0.1) is 0 Å². The number of carboxylic acids is 1. The smallest absolute Gasteiger partial charge is 0.311 e. The summed E-state index contributed by atoms with van der Waals surface area (Å²) in [7, 11) is 0. The number of nitrogens with zero attached hydrogens (tertiary/aromatic N) is 2. The van der Waals surface area contributed by atoms with Gasteiger partial charge in [-0.05, 0) is 18.9 Å². The van der Waals surface area contributed by atoms with Gasteiger partial charge in [0, 0.05) is 24.7 Å². The number of nitrogens with one attached hydrogen (secondary N) is 1. The van der Waals surface area contributed by atoms with Crippen LogP contribution in [0, 0.1) is 23.0 Å². The van der Waals surface area contributed by atoms with Gasteiger partial charge in [0.1, 0.15) is 0 Å². The standard InChI is InChI=1S/C12H17N3O4/c1-3-9(6-11(16)17)7-13-12-10(15(18)19)5-4-8(2)14-12/h4-5,9H,3,6-7H2,1-2H3,(H,13,14)(H,16,17). The van der Waals surface area contributed by atoms with Crippen LogP contribution in [-0.4, -0.2) is 27.5 Å². The molecule has 1 aromatic heterocycles. The molecule has 1 aromatic rings. The fraction of sp³-hybridized carbons (Fsp3) is 0.500. The van der Waals surface area contributed by atoms with E-state index in [1.165, 1.54) is 6.07 Å². The van der Waals surface area contributed by atoms with Crippen LogP contribution < -0.4 is 5.32 Å². The van der Waals surface area contributed by atoms with Gasteiger partial charge in [0.05, 0.1) is 4.92 Å². The molecule has 1 unspecified atom stereocenters. The topological polar surface area (TPSA) is 105 Å². The van der Waals surface area contributed by atoms with E-state index in [0.29, 0.717) is 18.7 Å². The van der Waals surface area contributed by atoms with E-state index in [9.17, 15) is 14.9 Å². The number of aromatic nitrogens is 1. The van der Waals surface area contributed by atoms with Crippen LogP contribution in [-0.2, 0) is 4.79 Å². The summed E-state index contributed by atoms with van der Waals surface area (Å²) in [4.78, 5) is 25.1. The van der Waals surface area contributed by atoms with Crippen LogP contribution in [0.15, 0.2) is 12.1 Å². The first-order valence-corrected chi connectivity index (χ1v) is 6.01. The fourth-order valence-corrected chi connectivity index (χ4v) is 1.68. The third kappa shape index (κ3) is 4.53. The number of hydrogen-bond donors (Lipinski definition) is 2. The third-order valence-electron chi connectivity index (χ3n) is 2.81. The lowest BCUT2D eigenvalue weighted by atomic mass is 10.0. The summed E-state index contributed by atoms with van der Waals surface area (Å²) < 4.78 is 0. The predicted octanol–water partition coefficient (Wildman–Crippen LogP) is 2.21. The number of hydrogen-bond acceptors (Lipinski definition) is 5. The van der Waals surface area contributed by atoms with Crippen molar-refractivity contribution < 1.29 is 14.8 Å². The molecule has 0 bridgehead atoms. The van der Waals surface area contributed by atoms with Crippen molar-refractivity contribution in [1.29, 1.82) is 0 Å². The van der Waals surface area contributed by atoms with Gasteiger partial charge in [0.25, 0.3) is 0 Å². The molecule has 1 heterocycles. The molecule has 7 nitrogen and oxygen atoms in total. The maximum Gasteiger partial charge on any atom is 0.311 e. The highest BCUT2D eigenvalue weighted by Gasteiger charge is 2.17. The zero-order valence-corrected chi connectivity index (χ0v) is 10.9. The predicted molar refractivity (Wildman–Crippen MR) is 70.2 cm³/mol. The lowest BCUT2D eigenvalue weighted by Gasteiger charge is -2.14. The van der Waals surface area contributed by atoms with Crippen molar-refractivity contribution in [3.8, 4) is 0 Å². The second-order valence-corrected chi connectivity index (χ2v) is 4.33. The van der Waals surface area contributed by atoms with Gasteiger partial charge in [-0.1, -0.05) is 13.3 Å². The highest BCUT2D eigenvalue weighted by molar-refractivity contribution is 5.67. The molecule has 2 N–H and O–H groups in total. The minimum atomic E-state index is -0.875. The Morgan fingerprint density at radius 2 is 2.26 bits per heavy atom. The van der Waals surface area contributed by atoms with E-state index in [1.807, 2.05) is 6.92 Å². The van der Waals surface area contributed by atoms with Crippen molar-refractivity contribution in [3.63, 3.8) is 0 Å². The van der Waals surface area contributed by atoms with Gasteiger partial charge in [-0.2, -0.15) is 0 Å². The van der Waals surface area contributed by atoms with Crippen LogP contribution in [0.25, 0.3) is 0 Å². The van der Waals surface area contributed by atoms with Gasteiger partial charge in [0.2, 0.25) is 5.82 Å². The Morgan fingerprint density at radius 3 is 2.79 bits per heavy atom. The minimum Gasteiger partial charge on any atom is -0.481 e. The van der Waals surface area contributed by atoms with Crippen LogP contribution in [0.4, 0.5) is 11.5 Å². The number of aliphatic carboxylic acids is 1. The number of carbonyl (C=O) groups is 1. The SMILES string of the molecule is CCC(CNc1nc(C)ccc1[N+](=O)[O-])CC(=O)O. The molecule has 19 heavy (non-hydrogen) atoms. The largest absolute Gasteiger partial charge is 0.481 e. The van der Waals surface area contributed by atoms with E-state index < -0.39 is 10.9 Å².